The lowest BCUT2D eigenvalue weighted by Crippen LogP contribution is -2.53. The maximum absolute atomic E-state index is 5.51. The second-order valence-electron chi connectivity index (χ2n) is 5.06. The van der Waals surface area contributed by atoms with E-state index in [1.807, 2.05) is 0 Å². The van der Waals surface area contributed by atoms with Crippen LogP contribution >= 0.6 is 0 Å². The molecule has 2 aliphatic rings. The summed E-state index contributed by atoms with van der Waals surface area (Å²) >= 11 is 0. The fourth-order valence-electron chi connectivity index (χ4n) is 2.94. The molecule has 3 rings (SSSR count). The van der Waals surface area contributed by atoms with Crippen molar-refractivity contribution >= 4 is 5.69 Å². The van der Waals surface area contributed by atoms with Crippen molar-refractivity contribution < 1.29 is 4.74 Å². The van der Waals surface area contributed by atoms with E-state index in [0.717, 1.165) is 32.7 Å². The molecule has 0 bridgehead atoms. The molecule has 2 atom stereocenters. The van der Waals surface area contributed by atoms with E-state index in [-0.39, 0.29) is 0 Å². The molecular formula is C14H20N2O. The number of para-hydroxylation sites is 1. The summed E-state index contributed by atoms with van der Waals surface area (Å²) in [6, 6.07) is 9.80. The highest BCUT2D eigenvalue weighted by atomic mass is 16.5. The Hall–Kier alpha value is -1.06. The van der Waals surface area contributed by atoms with Crippen molar-refractivity contribution in [1.82, 2.24) is 4.90 Å². The smallest absolute Gasteiger partial charge is 0.0619 e. The number of hydrogen-bond acceptors (Lipinski definition) is 3. The molecule has 0 amide bonds. The molecule has 0 radical (unpaired) electrons. The van der Waals surface area contributed by atoms with Gasteiger partial charge in [0.05, 0.1) is 13.2 Å². The first-order valence-electron chi connectivity index (χ1n) is 6.50. The highest BCUT2D eigenvalue weighted by Gasteiger charge is 2.29. The summed E-state index contributed by atoms with van der Waals surface area (Å²) in [5.74, 6) is 0. The van der Waals surface area contributed by atoms with Gasteiger partial charge in [-0.25, -0.2) is 0 Å². The molecular weight excluding hydrogens is 212 g/mol. The number of ether oxygens (including phenoxy) is 1. The van der Waals surface area contributed by atoms with Gasteiger partial charge in [-0.2, -0.15) is 0 Å². The van der Waals surface area contributed by atoms with Crippen LogP contribution in [0.5, 0.6) is 0 Å². The van der Waals surface area contributed by atoms with Crippen molar-refractivity contribution in [2.24, 2.45) is 0 Å². The molecule has 1 saturated heterocycles. The van der Waals surface area contributed by atoms with Crippen molar-refractivity contribution in [2.75, 3.05) is 31.6 Å². The van der Waals surface area contributed by atoms with Gasteiger partial charge in [-0.15, -0.1) is 0 Å². The van der Waals surface area contributed by atoms with E-state index in [2.05, 4.69) is 41.4 Å². The summed E-state index contributed by atoms with van der Waals surface area (Å²) in [5.41, 5.74) is 2.76. The lowest BCUT2D eigenvalue weighted by atomic mass is 9.97. The Labute approximate surface area is 103 Å². The highest BCUT2D eigenvalue weighted by Crippen LogP contribution is 2.25. The fourth-order valence-corrected chi connectivity index (χ4v) is 2.94. The Morgan fingerprint density at radius 3 is 3.12 bits per heavy atom. The maximum Gasteiger partial charge on any atom is 0.0619 e. The second-order valence-corrected chi connectivity index (χ2v) is 5.06. The Morgan fingerprint density at radius 1 is 1.35 bits per heavy atom. The van der Waals surface area contributed by atoms with Crippen LogP contribution in [0.4, 0.5) is 5.69 Å². The predicted octanol–water partition coefficient (Wildman–Crippen LogP) is 1.74. The molecule has 1 fully saturated rings. The quantitative estimate of drug-likeness (QED) is 0.798. The molecule has 0 aliphatic carbocycles. The molecule has 92 valence electrons. The van der Waals surface area contributed by atoms with Gasteiger partial charge in [0, 0.05) is 30.9 Å². The fraction of sp³-hybridized carbons (Fsp3) is 0.571. The monoisotopic (exact) mass is 232 g/mol. The third-order valence-corrected chi connectivity index (χ3v) is 3.89. The maximum atomic E-state index is 5.51. The number of rotatable bonds is 1. The second kappa shape index (κ2) is 4.67. The Balaban J connectivity index is 1.75. The molecule has 0 saturated carbocycles. The van der Waals surface area contributed by atoms with Crippen LogP contribution in [0.15, 0.2) is 24.3 Å². The molecule has 0 spiro atoms. The Morgan fingerprint density at radius 2 is 2.24 bits per heavy atom. The molecule has 3 nitrogen and oxygen atoms in total. The van der Waals surface area contributed by atoms with Crippen LogP contribution in [0.25, 0.3) is 0 Å². The van der Waals surface area contributed by atoms with E-state index in [1.54, 1.807) is 0 Å². The molecule has 1 N–H and O–H groups in total. The standard InChI is InChI=1S/C14H20N2O/c1-11-10-17-7-6-16(11)13-8-12-4-2-3-5-14(12)15-9-13/h2-5,11,13,15H,6-10H2,1H3. The number of anilines is 1. The van der Waals surface area contributed by atoms with E-state index in [4.69, 9.17) is 4.74 Å². The van der Waals surface area contributed by atoms with Crippen LogP contribution < -0.4 is 5.32 Å². The lowest BCUT2D eigenvalue weighted by molar-refractivity contribution is -0.0198. The van der Waals surface area contributed by atoms with Crippen molar-refractivity contribution in [2.45, 2.75) is 25.4 Å². The number of benzene rings is 1. The molecule has 17 heavy (non-hydrogen) atoms. The minimum Gasteiger partial charge on any atom is -0.383 e. The Kier molecular flexibility index (Phi) is 3.04. The van der Waals surface area contributed by atoms with Gasteiger partial charge in [0.15, 0.2) is 0 Å². The lowest BCUT2D eigenvalue weighted by Gasteiger charge is -2.41. The summed E-state index contributed by atoms with van der Waals surface area (Å²) in [6.07, 6.45) is 1.16. The summed E-state index contributed by atoms with van der Waals surface area (Å²) in [4.78, 5) is 2.59. The number of nitrogens with one attached hydrogen (secondary N) is 1. The van der Waals surface area contributed by atoms with E-state index in [1.165, 1.54) is 11.3 Å². The highest BCUT2D eigenvalue weighted by molar-refractivity contribution is 5.53. The van der Waals surface area contributed by atoms with E-state index >= 15 is 0 Å². The van der Waals surface area contributed by atoms with Crippen LogP contribution in [0.3, 0.4) is 0 Å². The molecule has 2 heterocycles. The molecule has 1 aromatic rings. The van der Waals surface area contributed by atoms with E-state index in [9.17, 15) is 0 Å². The van der Waals surface area contributed by atoms with Crippen LogP contribution in [-0.2, 0) is 11.2 Å². The molecule has 0 aromatic heterocycles. The average Bonchev–Trinajstić information content (AvgIpc) is 2.39. The zero-order valence-electron chi connectivity index (χ0n) is 10.4. The summed E-state index contributed by atoms with van der Waals surface area (Å²) < 4.78 is 5.51. The normalized spacial score (nSPS) is 29.5. The van der Waals surface area contributed by atoms with Crippen LogP contribution in [0, 0.1) is 0 Å². The van der Waals surface area contributed by atoms with Gasteiger partial charge < -0.3 is 10.1 Å². The topological polar surface area (TPSA) is 24.5 Å². The SMILES string of the molecule is CC1COCCN1C1CNc2ccccc2C1. The van der Waals surface area contributed by atoms with Crippen molar-refractivity contribution in [1.29, 1.82) is 0 Å². The minimum atomic E-state index is 0.542. The number of hydrogen-bond donors (Lipinski definition) is 1. The van der Waals surface area contributed by atoms with Crippen molar-refractivity contribution in [3.8, 4) is 0 Å². The third kappa shape index (κ3) is 2.17. The van der Waals surface area contributed by atoms with E-state index < -0.39 is 0 Å². The Bertz CT molecular complexity index is 394. The van der Waals surface area contributed by atoms with Gasteiger partial charge in [-0.3, -0.25) is 4.90 Å². The summed E-state index contributed by atoms with van der Waals surface area (Å²) in [6.45, 7) is 6.14. The van der Waals surface area contributed by atoms with Gasteiger partial charge >= 0.3 is 0 Å². The minimum absolute atomic E-state index is 0.542. The predicted molar refractivity (Wildman–Crippen MR) is 69.4 cm³/mol. The van der Waals surface area contributed by atoms with E-state index in [0.29, 0.717) is 12.1 Å². The summed E-state index contributed by atoms with van der Waals surface area (Å²) in [7, 11) is 0. The first-order chi connectivity index (χ1) is 8.34. The van der Waals surface area contributed by atoms with Gasteiger partial charge in [0.25, 0.3) is 0 Å². The average molecular weight is 232 g/mol. The molecule has 2 unspecified atom stereocenters. The zero-order valence-corrected chi connectivity index (χ0v) is 10.4. The summed E-state index contributed by atoms with van der Waals surface area (Å²) in [5, 5.41) is 3.55. The van der Waals surface area contributed by atoms with Gasteiger partial charge in [0.2, 0.25) is 0 Å². The van der Waals surface area contributed by atoms with Gasteiger partial charge in [-0.1, -0.05) is 18.2 Å². The van der Waals surface area contributed by atoms with Gasteiger partial charge in [0.1, 0.15) is 0 Å². The van der Waals surface area contributed by atoms with Crippen LogP contribution in [0.1, 0.15) is 12.5 Å². The molecule has 2 aliphatic heterocycles. The number of morpholine rings is 1. The first kappa shape index (κ1) is 11.1. The largest absolute Gasteiger partial charge is 0.383 e. The van der Waals surface area contributed by atoms with Crippen LogP contribution in [0.2, 0.25) is 0 Å². The van der Waals surface area contributed by atoms with Crippen LogP contribution in [-0.4, -0.2) is 43.3 Å². The zero-order chi connectivity index (χ0) is 11.7. The van der Waals surface area contributed by atoms with Crippen molar-refractivity contribution in [3.05, 3.63) is 29.8 Å². The third-order valence-electron chi connectivity index (χ3n) is 3.89. The van der Waals surface area contributed by atoms with Crippen molar-refractivity contribution in [3.63, 3.8) is 0 Å². The number of nitrogens with zero attached hydrogens (tertiary/aromatic N) is 1. The van der Waals surface area contributed by atoms with Gasteiger partial charge in [-0.05, 0) is 25.0 Å². The molecule has 1 aromatic carbocycles. The molecule has 3 heteroatoms. The number of fused-ring (bicyclic) bond motifs is 1. The first-order valence-corrected chi connectivity index (χ1v) is 6.50.